The van der Waals surface area contributed by atoms with Gasteiger partial charge in [0.05, 0.1) is 17.1 Å². The zero-order chi connectivity index (χ0) is 21.3. The highest BCUT2D eigenvalue weighted by atomic mass is 19.1. The van der Waals surface area contributed by atoms with Crippen molar-refractivity contribution in [1.29, 1.82) is 5.26 Å². The normalized spacial score (nSPS) is 14.5. The van der Waals surface area contributed by atoms with Crippen LogP contribution in [0.3, 0.4) is 0 Å². The highest BCUT2D eigenvalue weighted by Crippen LogP contribution is 2.27. The van der Waals surface area contributed by atoms with Crippen LogP contribution >= 0.6 is 0 Å². The summed E-state index contributed by atoms with van der Waals surface area (Å²) in [4.78, 5) is 21.0. The van der Waals surface area contributed by atoms with Gasteiger partial charge in [0.15, 0.2) is 5.82 Å². The zero-order valence-electron chi connectivity index (χ0n) is 16.5. The van der Waals surface area contributed by atoms with E-state index in [9.17, 15) is 13.6 Å². The molecule has 0 unspecified atom stereocenters. The van der Waals surface area contributed by atoms with Crippen LogP contribution in [0.5, 0.6) is 0 Å². The maximum absolute atomic E-state index is 15.0. The van der Waals surface area contributed by atoms with Crippen molar-refractivity contribution in [3.63, 3.8) is 0 Å². The fourth-order valence-corrected chi connectivity index (χ4v) is 3.75. The van der Waals surface area contributed by atoms with E-state index in [-0.39, 0.29) is 16.6 Å². The molecule has 2 aromatic heterocycles. The molecular weight excluding hydrogens is 386 g/mol. The van der Waals surface area contributed by atoms with Crippen molar-refractivity contribution in [3.05, 3.63) is 80.8 Å². The summed E-state index contributed by atoms with van der Waals surface area (Å²) in [6.07, 6.45) is 4.60. The minimum Gasteiger partial charge on any atom is -0.318 e. The number of nitrogens with one attached hydrogen (secondary N) is 1. The molecule has 0 bridgehead atoms. The highest BCUT2D eigenvalue weighted by molar-refractivity contribution is 5.75. The third kappa shape index (κ3) is 3.74. The number of nitrogens with zero attached hydrogens (tertiary/aromatic N) is 3. The number of pyridine rings is 2. The van der Waals surface area contributed by atoms with E-state index in [4.69, 9.17) is 5.26 Å². The molecule has 1 aromatic carbocycles. The van der Waals surface area contributed by atoms with Crippen LogP contribution in [0.1, 0.15) is 35.6 Å². The Bertz CT molecular complexity index is 1260. The van der Waals surface area contributed by atoms with E-state index in [1.807, 2.05) is 24.0 Å². The van der Waals surface area contributed by atoms with Gasteiger partial charge in [-0.15, -0.1) is 0 Å². The summed E-state index contributed by atoms with van der Waals surface area (Å²) in [6, 6.07) is 8.03. The minimum atomic E-state index is -0.465. The van der Waals surface area contributed by atoms with E-state index in [1.54, 1.807) is 18.2 Å². The molecule has 0 saturated heterocycles. The van der Waals surface area contributed by atoms with E-state index in [1.165, 1.54) is 12.3 Å². The Kier molecular flexibility index (Phi) is 5.42. The third-order valence-corrected chi connectivity index (χ3v) is 5.47. The Morgan fingerprint density at radius 1 is 1.27 bits per heavy atom. The van der Waals surface area contributed by atoms with Gasteiger partial charge < -0.3 is 4.98 Å². The Morgan fingerprint density at radius 3 is 2.77 bits per heavy atom. The molecule has 4 rings (SSSR count). The molecule has 0 saturated carbocycles. The molecule has 3 heterocycles. The van der Waals surface area contributed by atoms with Crippen molar-refractivity contribution < 1.29 is 8.78 Å². The first-order chi connectivity index (χ1) is 14.5. The van der Waals surface area contributed by atoms with Crippen molar-refractivity contribution in [2.24, 2.45) is 0 Å². The summed E-state index contributed by atoms with van der Waals surface area (Å²) in [7, 11) is 0. The van der Waals surface area contributed by atoms with E-state index < -0.39 is 11.6 Å². The van der Waals surface area contributed by atoms with Gasteiger partial charge in [-0.05, 0) is 36.6 Å². The summed E-state index contributed by atoms with van der Waals surface area (Å²) in [6.45, 7) is 3.38. The number of benzene rings is 1. The number of aromatic nitrogens is 2. The average molecular weight is 406 g/mol. The number of fused-ring (bicyclic) bond motifs is 1. The fraction of sp³-hybridized carbons (Fsp3) is 0.261. The van der Waals surface area contributed by atoms with Gasteiger partial charge in [0.1, 0.15) is 11.3 Å². The molecule has 1 aliphatic rings. The lowest BCUT2D eigenvalue weighted by Crippen LogP contribution is -2.28. The van der Waals surface area contributed by atoms with Gasteiger partial charge in [-0.1, -0.05) is 19.1 Å². The second-order valence-corrected chi connectivity index (χ2v) is 7.36. The second kappa shape index (κ2) is 8.17. The second-order valence-electron chi connectivity index (χ2n) is 7.36. The van der Waals surface area contributed by atoms with Crippen molar-refractivity contribution in [2.45, 2.75) is 26.3 Å². The molecule has 0 fully saturated rings. The van der Waals surface area contributed by atoms with Crippen molar-refractivity contribution >= 4 is 16.6 Å². The van der Waals surface area contributed by atoms with E-state index in [0.29, 0.717) is 54.7 Å². The molecule has 0 amide bonds. The van der Waals surface area contributed by atoms with Gasteiger partial charge in [-0.2, -0.15) is 5.26 Å². The summed E-state index contributed by atoms with van der Waals surface area (Å²) >= 11 is 0. The maximum Gasteiger partial charge on any atom is 0.251 e. The fourth-order valence-electron chi connectivity index (χ4n) is 3.75. The van der Waals surface area contributed by atoms with Crippen LogP contribution < -0.4 is 5.56 Å². The number of nitriles is 1. The monoisotopic (exact) mass is 406 g/mol. The molecule has 1 N–H and O–H groups in total. The molecule has 7 heteroatoms. The maximum atomic E-state index is 15.0. The lowest BCUT2D eigenvalue weighted by atomic mass is 9.97. The number of halogens is 2. The molecule has 5 nitrogen and oxygen atoms in total. The zero-order valence-corrected chi connectivity index (χ0v) is 16.5. The van der Waals surface area contributed by atoms with E-state index in [2.05, 4.69) is 9.97 Å². The first kappa shape index (κ1) is 19.9. The van der Waals surface area contributed by atoms with Crippen LogP contribution in [0.15, 0.2) is 41.3 Å². The number of aromatic amines is 1. The number of hydrogen-bond donors (Lipinski definition) is 1. The van der Waals surface area contributed by atoms with Crippen LogP contribution in [0.2, 0.25) is 0 Å². The van der Waals surface area contributed by atoms with Crippen molar-refractivity contribution in [3.8, 4) is 6.07 Å². The molecule has 1 aliphatic heterocycles. The van der Waals surface area contributed by atoms with Crippen LogP contribution in [0.25, 0.3) is 16.6 Å². The van der Waals surface area contributed by atoms with Gasteiger partial charge in [0.25, 0.3) is 5.56 Å². The molecule has 0 radical (unpaired) electrons. The van der Waals surface area contributed by atoms with Gasteiger partial charge in [-0.25, -0.2) is 8.78 Å². The van der Waals surface area contributed by atoms with Crippen molar-refractivity contribution in [2.75, 3.05) is 13.1 Å². The largest absolute Gasteiger partial charge is 0.318 e. The molecule has 30 heavy (non-hydrogen) atoms. The van der Waals surface area contributed by atoms with Gasteiger partial charge in [0.2, 0.25) is 0 Å². The highest BCUT2D eigenvalue weighted by Gasteiger charge is 2.19. The molecule has 0 atom stereocenters. The third-order valence-electron chi connectivity index (χ3n) is 5.47. The van der Waals surface area contributed by atoms with Gasteiger partial charge >= 0.3 is 0 Å². The van der Waals surface area contributed by atoms with E-state index >= 15 is 0 Å². The predicted octanol–water partition coefficient (Wildman–Crippen LogP) is 3.92. The average Bonchev–Trinajstić information content (AvgIpc) is 2.76. The lowest BCUT2D eigenvalue weighted by Gasteiger charge is -2.26. The Morgan fingerprint density at radius 2 is 2.10 bits per heavy atom. The summed E-state index contributed by atoms with van der Waals surface area (Å²) < 4.78 is 29.2. The molecular formula is C23H20F2N4O. The van der Waals surface area contributed by atoms with Crippen molar-refractivity contribution in [1.82, 2.24) is 14.9 Å². The summed E-state index contributed by atoms with van der Waals surface area (Å²) in [5, 5.41) is 8.87. The first-order valence-corrected chi connectivity index (χ1v) is 9.80. The summed E-state index contributed by atoms with van der Waals surface area (Å²) in [5.41, 5.74) is 2.91. The molecule has 0 spiro atoms. The van der Waals surface area contributed by atoms with Gasteiger partial charge in [0, 0.05) is 42.5 Å². The van der Waals surface area contributed by atoms with Gasteiger partial charge in [-0.3, -0.25) is 14.7 Å². The van der Waals surface area contributed by atoms with Crippen LogP contribution in [-0.4, -0.2) is 28.0 Å². The minimum absolute atomic E-state index is 0.127. The lowest BCUT2D eigenvalue weighted by molar-refractivity contribution is 0.289. The molecule has 152 valence electrons. The smallest absolute Gasteiger partial charge is 0.251 e. The van der Waals surface area contributed by atoms with E-state index in [0.717, 1.165) is 5.57 Å². The number of H-pyrrole nitrogens is 1. The Hall–Kier alpha value is -3.37. The molecule has 0 aliphatic carbocycles. The standard InChI is InChI=1S/C23H20F2N4O/c1-2-15-10-20-22(28-23(15)30)21(25)17(12-27-20)13-29-7-5-16(6-8-29)18-4-3-14(11-26)9-19(18)24/h3-5,9-10,12H,2,6-8,13H2,1H3,(H,28,30). The van der Waals surface area contributed by atoms with Crippen LogP contribution in [0.4, 0.5) is 8.78 Å². The summed E-state index contributed by atoms with van der Waals surface area (Å²) in [5.74, 6) is -0.874. The Balaban J connectivity index is 1.54. The molecule has 3 aromatic rings. The first-order valence-electron chi connectivity index (χ1n) is 9.80. The SMILES string of the molecule is CCc1cc2ncc(CN3CC=C(c4ccc(C#N)cc4F)CC3)c(F)c2[nH]c1=O. The number of rotatable bonds is 4. The van der Waals surface area contributed by atoms with Crippen LogP contribution in [0, 0.1) is 23.0 Å². The van der Waals surface area contributed by atoms with Crippen LogP contribution in [-0.2, 0) is 13.0 Å². The number of aryl methyl sites for hydroxylation is 1. The number of hydrogen-bond acceptors (Lipinski definition) is 4. The topological polar surface area (TPSA) is 72.8 Å². The predicted molar refractivity (Wildman–Crippen MR) is 111 cm³/mol. The quantitative estimate of drug-likeness (QED) is 0.713. The Labute approximate surface area is 172 Å².